The van der Waals surface area contributed by atoms with Crippen LogP contribution in [0.2, 0.25) is 0 Å². The first-order valence-corrected chi connectivity index (χ1v) is 3.88. The fourth-order valence-electron chi connectivity index (χ4n) is 1.06. The number of alkyl halides is 3. The van der Waals surface area contributed by atoms with E-state index in [0.29, 0.717) is 12.1 Å². The van der Waals surface area contributed by atoms with Gasteiger partial charge < -0.3 is 5.11 Å². The second-order valence-corrected chi connectivity index (χ2v) is 2.82. The number of Topliss-reactive ketones (excluding diaryl/α,β-unsaturated/α-hetero) is 1. The number of ketones is 1. The van der Waals surface area contributed by atoms with Gasteiger partial charge >= 0.3 is 12.1 Å². The van der Waals surface area contributed by atoms with Crippen molar-refractivity contribution in [3.8, 4) is 0 Å². The summed E-state index contributed by atoms with van der Waals surface area (Å²) in [5.41, 5.74) is -2.68. The van der Waals surface area contributed by atoms with Crippen LogP contribution in [0.1, 0.15) is 15.9 Å². The molecule has 86 valence electrons. The highest BCUT2D eigenvalue weighted by Gasteiger charge is 2.36. The Labute approximate surface area is 86.3 Å². The number of carboxylic acids is 1. The van der Waals surface area contributed by atoms with Crippen LogP contribution in [0.25, 0.3) is 0 Å². The Morgan fingerprint density at radius 2 is 1.75 bits per heavy atom. The molecule has 0 spiro atoms. The van der Waals surface area contributed by atoms with Crippen molar-refractivity contribution < 1.29 is 32.3 Å². The summed E-state index contributed by atoms with van der Waals surface area (Å²) in [7, 11) is 0. The van der Waals surface area contributed by atoms with E-state index in [0.717, 1.165) is 0 Å². The van der Waals surface area contributed by atoms with Crippen molar-refractivity contribution in [3.05, 3.63) is 35.1 Å². The molecule has 7 heteroatoms. The molecule has 1 aromatic carbocycles. The molecule has 1 N–H and O–H groups in total. The van der Waals surface area contributed by atoms with Crippen molar-refractivity contribution in [2.45, 2.75) is 6.18 Å². The predicted molar refractivity (Wildman–Crippen MR) is 43.4 cm³/mol. The summed E-state index contributed by atoms with van der Waals surface area (Å²) in [5.74, 6) is -4.96. The first kappa shape index (κ1) is 12.2. The molecule has 0 saturated carbocycles. The standard InChI is InChI=1S/C9H4F4O3/c10-4-1-2-5(7(14)8(15)16)6(3-4)9(11,12)13/h1-3H,(H,15,16). The molecule has 3 nitrogen and oxygen atoms in total. The molecule has 0 radical (unpaired) electrons. The van der Waals surface area contributed by atoms with Gasteiger partial charge in [0.2, 0.25) is 0 Å². The predicted octanol–water partition coefficient (Wildman–Crippen LogP) is 2.11. The lowest BCUT2D eigenvalue weighted by Gasteiger charge is -2.10. The van der Waals surface area contributed by atoms with Gasteiger partial charge in [0.25, 0.3) is 5.78 Å². The highest BCUT2D eigenvalue weighted by molar-refractivity contribution is 6.40. The van der Waals surface area contributed by atoms with Gasteiger partial charge in [-0.1, -0.05) is 0 Å². The van der Waals surface area contributed by atoms with Crippen LogP contribution < -0.4 is 0 Å². The van der Waals surface area contributed by atoms with Crippen LogP contribution in [0, 0.1) is 5.82 Å². The molecule has 0 unspecified atom stereocenters. The number of aliphatic carboxylic acids is 1. The maximum atomic E-state index is 12.6. The topological polar surface area (TPSA) is 54.4 Å². The summed E-state index contributed by atoms with van der Waals surface area (Å²) in [6.07, 6.45) is -4.98. The average molecular weight is 236 g/mol. The molecule has 0 atom stereocenters. The zero-order valence-electron chi connectivity index (χ0n) is 7.51. The second-order valence-electron chi connectivity index (χ2n) is 2.82. The Bertz CT molecular complexity index is 451. The van der Waals surface area contributed by atoms with Crippen LogP contribution in [-0.4, -0.2) is 16.9 Å². The molecule has 0 bridgehead atoms. The van der Waals surface area contributed by atoms with Crippen LogP contribution in [0.3, 0.4) is 0 Å². The number of hydrogen-bond acceptors (Lipinski definition) is 2. The van der Waals surface area contributed by atoms with E-state index in [1.165, 1.54) is 0 Å². The summed E-state index contributed by atoms with van der Waals surface area (Å²) in [6, 6.07) is 1.16. The number of carbonyl (C=O) groups excluding carboxylic acids is 1. The van der Waals surface area contributed by atoms with Gasteiger partial charge in [-0.15, -0.1) is 0 Å². The minimum atomic E-state index is -4.98. The van der Waals surface area contributed by atoms with Gasteiger partial charge in [-0.05, 0) is 18.2 Å². The van der Waals surface area contributed by atoms with E-state index in [2.05, 4.69) is 0 Å². The van der Waals surface area contributed by atoms with Gasteiger partial charge in [-0.25, -0.2) is 9.18 Å². The lowest BCUT2D eigenvalue weighted by molar-refractivity contribution is -0.138. The molecule has 0 aliphatic rings. The molecule has 1 aromatic rings. The Kier molecular flexibility index (Phi) is 2.97. The fraction of sp³-hybridized carbons (Fsp3) is 0.111. The summed E-state index contributed by atoms with van der Waals surface area (Å²) < 4.78 is 49.6. The third kappa shape index (κ3) is 2.36. The van der Waals surface area contributed by atoms with E-state index in [1.807, 2.05) is 0 Å². The van der Waals surface area contributed by atoms with Gasteiger partial charge in [-0.3, -0.25) is 4.79 Å². The Morgan fingerprint density at radius 3 is 2.19 bits per heavy atom. The normalized spacial score (nSPS) is 11.2. The minimum absolute atomic E-state index is 0.0795. The van der Waals surface area contributed by atoms with Gasteiger partial charge in [0.15, 0.2) is 0 Å². The van der Waals surface area contributed by atoms with Crippen LogP contribution in [0.15, 0.2) is 18.2 Å². The minimum Gasteiger partial charge on any atom is -0.475 e. The van der Waals surface area contributed by atoms with Crippen LogP contribution in [-0.2, 0) is 11.0 Å². The molecule has 0 amide bonds. The van der Waals surface area contributed by atoms with E-state index >= 15 is 0 Å². The van der Waals surface area contributed by atoms with Crippen molar-refractivity contribution >= 4 is 11.8 Å². The highest BCUT2D eigenvalue weighted by atomic mass is 19.4. The van der Waals surface area contributed by atoms with Gasteiger partial charge in [0.1, 0.15) is 5.82 Å². The van der Waals surface area contributed by atoms with Crippen LogP contribution in [0.4, 0.5) is 17.6 Å². The maximum absolute atomic E-state index is 12.6. The number of rotatable bonds is 2. The summed E-state index contributed by atoms with van der Waals surface area (Å²) >= 11 is 0. The summed E-state index contributed by atoms with van der Waals surface area (Å²) in [6.45, 7) is 0. The lowest BCUT2D eigenvalue weighted by atomic mass is 10.0. The van der Waals surface area contributed by atoms with E-state index < -0.39 is 34.9 Å². The number of halogens is 4. The molecule has 1 rings (SSSR count). The smallest absolute Gasteiger partial charge is 0.417 e. The van der Waals surface area contributed by atoms with Gasteiger partial charge in [-0.2, -0.15) is 13.2 Å². The molecule has 0 saturated heterocycles. The van der Waals surface area contributed by atoms with Crippen LogP contribution >= 0.6 is 0 Å². The molecule has 0 heterocycles. The lowest BCUT2D eigenvalue weighted by Crippen LogP contribution is -2.19. The summed E-state index contributed by atoms with van der Waals surface area (Å²) in [5, 5.41) is 8.28. The highest BCUT2D eigenvalue weighted by Crippen LogP contribution is 2.32. The van der Waals surface area contributed by atoms with Crippen molar-refractivity contribution in [2.75, 3.05) is 0 Å². The third-order valence-corrected chi connectivity index (χ3v) is 1.73. The molecular weight excluding hydrogens is 232 g/mol. The monoisotopic (exact) mass is 236 g/mol. The van der Waals surface area contributed by atoms with Crippen molar-refractivity contribution in [3.63, 3.8) is 0 Å². The van der Waals surface area contributed by atoms with E-state index in [1.54, 1.807) is 0 Å². The number of carboxylic acid groups (broad SMARTS) is 1. The van der Waals surface area contributed by atoms with Gasteiger partial charge in [0.05, 0.1) is 5.56 Å². The first-order valence-electron chi connectivity index (χ1n) is 3.88. The number of benzene rings is 1. The van der Waals surface area contributed by atoms with E-state index in [-0.39, 0.29) is 6.07 Å². The number of carbonyl (C=O) groups is 2. The Morgan fingerprint density at radius 1 is 1.19 bits per heavy atom. The molecule has 16 heavy (non-hydrogen) atoms. The zero-order chi connectivity index (χ0) is 12.5. The average Bonchev–Trinajstić information content (AvgIpc) is 2.15. The third-order valence-electron chi connectivity index (χ3n) is 1.73. The fourth-order valence-corrected chi connectivity index (χ4v) is 1.06. The summed E-state index contributed by atoms with van der Waals surface area (Å²) in [4.78, 5) is 21.2. The van der Waals surface area contributed by atoms with Crippen molar-refractivity contribution in [1.82, 2.24) is 0 Å². The second kappa shape index (κ2) is 3.92. The number of hydrogen-bond donors (Lipinski definition) is 1. The molecule has 0 aliphatic carbocycles. The van der Waals surface area contributed by atoms with E-state index in [9.17, 15) is 27.2 Å². The van der Waals surface area contributed by atoms with Crippen LogP contribution in [0.5, 0.6) is 0 Å². The van der Waals surface area contributed by atoms with E-state index in [4.69, 9.17) is 5.11 Å². The van der Waals surface area contributed by atoms with Gasteiger partial charge in [0, 0.05) is 5.56 Å². The molecular formula is C9H4F4O3. The van der Waals surface area contributed by atoms with Crippen molar-refractivity contribution in [1.29, 1.82) is 0 Å². The maximum Gasteiger partial charge on any atom is 0.417 e. The zero-order valence-corrected chi connectivity index (χ0v) is 7.51. The molecule has 0 fully saturated rings. The Balaban J connectivity index is 3.40. The largest absolute Gasteiger partial charge is 0.475 e. The SMILES string of the molecule is O=C(O)C(=O)c1ccc(F)cc1C(F)(F)F. The molecule has 0 aromatic heterocycles. The Hall–Kier alpha value is -1.92. The van der Waals surface area contributed by atoms with Crippen molar-refractivity contribution in [2.24, 2.45) is 0 Å². The first-order chi connectivity index (χ1) is 7.23. The quantitative estimate of drug-likeness (QED) is 0.486. The molecule has 0 aliphatic heterocycles.